The Morgan fingerprint density at radius 1 is 1.30 bits per heavy atom. The number of thiazole rings is 1. The van der Waals surface area contributed by atoms with Crippen molar-refractivity contribution in [2.45, 2.75) is 39.8 Å². The monoisotopic (exact) mass is 290 g/mol. The van der Waals surface area contributed by atoms with Crippen LogP contribution >= 0.6 is 11.3 Å². The van der Waals surface area contributed by atoms with Gasteiger partial charge in [-0.2, -0.15) is 0 Å². The van der Waals surface area contributed by atoms with Crippen LogP contribution in [0.5, 0.6) is 0 Å². The van der Waals surface area contributed by atoms with E-state index < -0.39 is 0 Å². The number of aryl methyl sites for hydroxylation is 1. The zero-order chi connectivity index (χ0) is 14.8. The van der Waals surface area contributed by atoms with Crippen molar-refractivity contribution in [1.29, 1.82) is 0 Å². The molecule has 20 heavy (non-hydrogen) atoms. The molecule has 108 valence electrons. The summed E-state index contributed by atoms with van der Waals surface area (Å²) in [7, 11) is 2.06. The minimum atomic E-state index is 0.0124. The van der Waals surface area contributed by atoms with E-state index in [9.17, 15) is 0 Å². The van der Waals surface area contributed by atoms with Gasteiger partial charge < -0.3 is 10.2 Å². The fourth-order valence-electron chi connectivity index (χ4n) is 1.86. The lowest BCUT2D eigenvalue weighted by Gasteiger charge is -2.23. The average molecular weight is 290 g/mol. The van der Waals surface area contributed by atoms with E-state index in [2.05, 4.69) is 48.0 Å². The normalized spacial score (nSPS) is 11.4. The molecule has 2 rings (SSSR count). The Balaban J connectivity index is 2.12. The van der Waals surface area contributed by atoms with Gasteiger partial charge in [-0.05, 0) is 39.8 Å². The molecule has 0 aliphatic carbocycles. The maximum atomic E-state index is 4.67. The summed E-state index contributed by atoms with van der Waals surface area (Å²) in [6.45, 7) is 9.27. The second-order valence-corrected chi connectivity index (χ2v) is 6.91. The highest BCUT2D eigenvalue weighted by Crippen LogP contribution is 2.20. The van der Waals surface area contributed by atoms with Crippen LogP contribution in [0, 0.1) is 6.92 Å². The number of nitrogens with zero attached hydrogens (tertiary/aromatic N) is 3. The molecule has 2 aromatic heterocycles. The number of aromatic nitrogens is 2. The molecule has 2 heterocycles. The van der Waals surface area contributed by atoms with E-state index in [0.29, 0.717) is 0 Å². The lowest BCUT2D eigenvalue weighted by atomic mass is 10.1. The Labute approximate surface area is 124 Å². The fourth-order valence-corrected chi connectivity index (χ4v) is 2.69. The van der Waals surface area contributed by atoms with Crippen molar-refractivity contribution in [3.63, 3.8) is 0 Å². The van der Waals surface area contributed by atoms with Crippen molar-refractivity contribution in [2.75, 3.05) is 17.3 Å². The van der Waals surface area contributed by atoms with Crippen molar-refractivity contribution < 1.29 is 0 Å². The number of nitrogens with one attached hydrogen (secondary N) is 1. The van der Waals surface area contributed by atoms with Gasteiger partial charge in [0.1, 0.15) is 11.6 Å². The Kier molecular flexibility index (Phi) is 4.28. The second kappa shape index (κ2) is 5.79. The maximum Gasteiger partial charge on any atom is 0.131 e. The Bertz CT molecular complexity index is 571. The summed E-state index contributed by atoms with van der Waals surface area (Å²) in [5.41, 5.74) is 3.01. The van der Waals surface area contributed by atoms with Gasteiger partial charge in [0.2, 0.25) is 0 Å². The summed E-state index contributed by atoms with van der Waals surface area (Å²) in [6, 6.07) is 6.07. The summed E-state index contributed by atoms with van der Waals surface area (Å²) in [4.78, 5) is 12.4. The van der Waals surface area contributed by atoms with E-state index >= 15 is 0 Å². The minimum Gasteiger partial charge on any atom is -0.365 e. The first-order valence-corrected chi connectivity index (χ1v) is 7.58. The SMILES string of the molecule is Cc1ncsc1CN(C)c1cccc(NC(C)(C)C)n1. The van der Waals surface area contributed by atoms with Crippen molar-refractivity contribution in [2.24, 2.45) is 0 Å². The standard InChI is InChI=1S/C15H22N4S/c1-11-12(20-10-16-11)9-19(5)14-8-6-7-13(17-14)18-15(2,3)4/h6-8,10H,9H2,1-5H3,(H,17,18). The van der Waals surface area contributed by atoms with Crippen molar-refractivity contribution >= 4 is 23.0 Å². The van der Waals surface area contributed by atoms with Crippen LogP contribution in [0.4, 0.5) is 11.6 Å². The van der Waals surface area contributed by atoms with E-state index in [1.807, 2.05) is 30.6 Å². The lowest BCUT2D eigenvalue weighted by molar-refractivity contribution is 0.630. The molecule has 0 amide bonds. The quantitative estimate of drug-likeness (QED) is 0.932. The number of anilines is 2. The van der Waals surface area contributed by atoms with Crippen LogP contribution in [0.2, 0.25) is 0 Å². The predicted molar refractivity (Wildman–Crippen MR) is 86.6 cm³/mol. The van der Waals surface area contributed by atoms with Crippen molar-refractivity contribution in [1.82, 2.24) is 9.97 Å². The van der Waals surface area contributed by atoms with Gasteiger partial charge in [0, 0.05) is 17.5 Å². The van der Waals surface area contributed by atoms with Gasteiger partial charge in [0.05, 0.1) is 17.7 Å². The number of rotatable bonds is 4. The molecule has 0 saturated heterocycles. The van der Waals surface area contributed by atoms with Crippen LogP contribution in [-0.4, -0.2) is 22.6 Å². The first kappa shape index (κ1) is 14.8. The van der Waals surface area contributed by atoms with Crippen LogP contribution in [0.25, 0.3) is 0 Å². The fraction of sp³-hybridized carbons (Fsp3) is 0.467. The van der Waals surface area contributed by atoms with Crippen LogP contribution in [-0.2, 0) is 6.54 Å². The van der Waals surface area contributed by atoms with Gasteiger partial charge in [-0.1, -0.05) is 6.07 Å². The molecule has 0 fully saturated rings. The van der Waals surface area contributed by atoms with Crippen LogP contribution in [0.3, 0.4) is 0 Å². The van der Waals surface area contributed by atoms with Gasteiger partial charge in [-0.3, -0.25) is 0 Å². The molecule has 0 radical (unpaired) electrons. The summed E-state index contributed by atoms with van der Waals surface area (Å²) >= 11 is 1.69. The Hall–Kier alpha value is -1.62. The molecule has 5 heteroatoms. The zero-order valence-corrected chi connectivity index (χ0v) is 13.6. The third-order valence-corrected chi connectivity index (χ3v) is 3.77. The maximum absolute atomic E-state index is 4.67. The van der Waals surface area contributed by atoms with E-state index in [4.69, 9.17) is 0 Å². The zero-order valence-electron chi connectivity index (χ0n) is 12.8. The third-order valence-electron chi connectivity index (χ3n) is 2.85. The number of pyridine rings is 1. The van der Waals surface area contributed by atoms with Gasteiger partial charge in [0.15, 0.2) is 0 Å². The highest BCUT2D eigenvalue weighted by Gasteiger charge is 2.12. The van der Waals surface area contributed by atoms with E-state index in [0.717, 1.165) is 23.9 Å². The molecule has 4 nitrogen and oxygen atoms in total. The Morgan fingerprint density at radius 2 is 2.05 bits per heavy atom. The van der Waals surface area contributed by atoms with Gasteiger partial charge in [-0.25, -0.2) is 9.97 Å². The lowest BCUT2D eigenvalue weighted by Crippen LogP contribution is -2.27. The molecular formula is C15H22N4S. The van der Waals surface area contributed by atoms with Crippen molar-refractivity contribution in [3.05, 3.63) is 34.3 Å². The molecule has 0 aromatic carbocycles. The highest BCUT2D eigenvalue weighted by molar-refractivity contribution is 7.09. The number of hydrogen-bond acceptors (Lipinski definition) is 5. The molecule has 0 spiro atoms. The predicted octanol–water partition coefficient (Wildman–Crippen LogP) is 3.69. The van der Waals surface area contributed by atoms with Gasteiger partial charge >= 0.3 is 0 Å². The Morgan fingerprint density at radius 3 is 2.65 bits per heavy atom. The second-order valence-electron chi connectivity index (χ2n) is 5.97. The summed E-state index contributed by atoms with van der Waals surface area (Å²) in [6.07, 6.45) is 0. The third kappa shape index (κ3) is 3.93. The topological polar surface area (TPSA) is 41.1 Å². The molecular weight excluding hydrogens is 268 g/mol. The molecule has 0 aliphatic rings. The largest absolute Gasteiger partial charge is 0.365 e. The average Bonchev–Trinajstić information content (AvgIpc) is 2.73. The molecule has 0 aliphatic heterocycles. The molecule has 0 bridgehead atoms. The first-order valence-electron chi connectivity index (χ1n) is 6.70. The van der Waals surface area contributed by atoms with Crippen LogP contribution < -0.4 is 10.2 Å². The van der Waals surface area contributed by atoms with Gasteiger partial charge in [0.25, 0.3) is 0 Å². The molecule has 2 aromatic rings. The van der Waals surface area contributed by atoms with Crippen LogP contribution in [0.15, 0.2) is 23.7 Å². The van der Waals surface area contributed by atoms with E-state index in [1.54, 1.807) is 11.3 Å². The molecule has 0 atom stereocenters. The molecule has 1 N–H and O–H groups in total. The summed E-state index contributed by atoms with van der Waals surface area (Å²) in [5.74, 6) is 1.87. The minimum absolute atomic E-state index is 0.0124. The highest BCUT2D eigenvalue weighted by atomic mass is 32.1. The van der Waals surface area contributed by atoms with Crippen molar-refractivity contribution in [3.8, 4) is 0 Å². The molecule has 0 saturated carbocycles. The smallest absolute Gasteiger partial charge is 0.131 e. The molecule has 0 unspecified atom stereocenters. The number of hydrogen-bond donors (Lipinski definition) is 1. The van der Waals surface area contributed by atoms with Gasteiger partial charge in [-0.15, -0.1) is 11.3 Å². The first-order chi connectivity index (χ1) is 9.35. The summed E-state index contributed by atoms with van der Waals surface area (Å²) in [5, 5.41) is 3.40. The van der Waals surface area contributed by atoms with E-state index in [1.165, 1.54) is 4.88 Å². The summed E-state index contributed by atoms with van der Waals surface area (Å²) < 4.78 is 0. The van der Waals surface area contributed by atoms with Crippen LogP contribution in [0.1, 0.15) is 31.3 Å². The van der Waals surface area contributed by atoms with E-state index in [-0.39, 0.29) is 5.54 Å².